The van der Waals surface area contributed by atoms with Crippen LogP contribution in [0.4, 0.5) is 5.69 Å². The van der Waals surface area contributed by atoms with Gasteiger partial charge in [0.2, 0.25) is 5.91 Å². The second-order valence-corrected chi connectivity index (χ2v) is 6.93. The van der Waals surface area contributed by atoms with Crippen LogP contribution >= 0.6 is 0 Å². The molecule has 1 aliphatic rings. The summed E-state index contributed by atoms with van der Waals surface area (Å²) in [5, 5.41) is 12.3. The van der Waals surface area contributed by atoms with Crippen molar-refractivity contribution < 1.29 is 19.5 Å². The fourth-order valence-corrected chi connectivity index (χ4v) is 3.60. The molecule has 0 aliphatic heterocycles. The van der Waals surface area contributed by atoms with Gasteiger partial charge in [-0.3, -0.25) is 14.4 Å². The van der Waals surface area contributed by atoms with Crippen molar-refractivity contribution in [1.82, 2.24) is 4.90 Å². The van der Waals surface area contributed by atoms with E-state index in [9.17, 15) is 19.5 Å². The van der Waals surface area contributed by atoms with Crippen LogP contribution in [0.3, 0.4) is 0 Å². The van der Waals surface area contributed by atoms with Crippen molar-refractivity contribution in [3.8, 4) is 0 Å². The van der Waals surface area contributed by atoms with Crippen LogP contribution in [0, 0.1) is 5.41 Å². The average molecular weight is 360 g/mol. The third kappa shape index (κ3) is 4.62. The molecule has 26 heavy (non-hydrogen) atoms. The van der Waals surface area contributed by atoms with Crippen molar-refractivity contribution in [2.75, 3.05) is 18.4 Å². The highest BCUT2D eigenvalue weighted by Crippen LogP contribution is 2.39. The topological polar surface area (TPSA) is 86.7 Å². The summed E-state index contributed by atoms with van der Waals surface area (Å²) in [5.41, 5.74) is 0.199. The Balaban J connectivity index is 2.01. The largest absolute Gasteiger partial charge is 0.481 e. The SMILES string of the molecule is CCN(CC)C(=O)c1ccc(NC(=O)CC2(C(=O)O)CCCCC2)cc1. The zero-order valence-corrected chi connectivity index (χ0v) is 15.6. The van der Waals surface area contributed by atoms with Crippen molar-refractivity contribution in [3.05, 3.63) is 29.8 Å². The van der Waals surface area contributed by atoms with Gasteiger partial charge in [0.25, 0.3) is 5.91 Å². The van der Waals surface area contributed by atoms with Crippen molar-refractivity contribution >= 4 is 23.5 Å². The summed E-state index contributed by atoms with van der Waals surface area (Å²) in [4.78, 5) is 38.1. The number of benzene rings is 1. The van der Waals surface area contributed by atoms with Crippen molar-refractivity contribution in [2.45, 2.75) is 52.4 Å². The monoisotopic (exact) mass is 360 g/mol. The van der Waals surface area contributed by atoms with Crippen LogP contribution in [0.2, 0.25) is 0 Å². The predicted molar refractivity (Wildman–Crippen MR) is 100 cm³/mol. The standard InChI is InChI=1S/C20H28N2O4/c1-3-22(4-2)18(24)15-8-10-16(11-9-15)21-17(23)14-20(19(25)26)12-6-5-7-13-20/h8-11H,3-7,12-14H2,1-2H3,(H,21,23)(H,25,26). The van der Waals surface area contributed by atoms with Gasteiger partial charge in [-0.25, -0.2) is 0 Å². The Labute approximate surface area is 154 Å². The van der Waals surface area contributed by atoms with Gasteiger partial charge in [-0.05, 0) is 51.0 Å². The molecule has 0 unspecified atom stereocenters. The Hall–Kier alpha value is -2.37. The van der Waals surface area contributed by atoms with E-state index in [2.05, 4.69) is 5.32 Å². The fraction of sp³-hybridized carbons (Fsp3) is 0.550. The van der Waals surface area contributed by atoms with Gasteiger partial charge in [-0.1, -0.05) is 19.3 Å². The minimum Gasteiger partial charge on any atom is -0.481 e. The molecule has 1 aliphatic carbocycles. The molecule has 1 saturated carbocycles. The molecule has 1 aromatic rings. The van der Waals surface area contributed by atoms with Gasteiger partial charge in [0.15, 0.2) is 0 Å². The van der Waals surface area contributed by atoms with Gasteiger partial charge in [0.1, 0.15) is 0 Å². The number of carboxylic acids is 1. The molecule has 0 bridgehead atoms. The maximum Gasteiger partial charge on any atom is 0.310 e. The van der Waals surface area contributed by atoms with Crippen LogP contribution in [-0.4, -0.2) is 40.9 Å². The van der Waals surface area contributed by atoms with E-state index in [1.165, 1.54) is 0 Å². The first-order valence-corrected chi connectivity index (χ1v) is 9.34. The van der Waals surface area contributed by atoms with Crippen LogP contribution in [0.15, 0.2) is 24.3 Å². The highest BCUT2D eigenvalue weighted by Gasteiger charge is 2.41. The minimum absolute atomic E-state index is 0.0114. The molecular formula is C20H28N2O4. The van der Waals surface area contributed by atoms with Crippen LogP contribution in [0.25, 0.3) is 0 Å². The number of nitrogens with one attached hydrogen (secondary N) is 1. The van der Waals surface area contributed by atoms with Gasteiger partial charge in [-0.15, -0.1) is 0 Å². The quantitative estimate of drug-likeness (QED) is 0.779. The summed E-state index contributed by atoms with van der Waals surface area (Å²) in [5.74, 6) is -1.22. The molecule has 2 amide bonds. The van der Waals surface area contributed by atoms with Crippen molar-refractivity contribution in [2.24, 2.45) is 5.41 Å². The zero-order valence-electron chi connectivity index (χ0n) is 15.6. The van der Waals surface area contributed by atoms with E-state index in [0.717, 1.165) is 19.3 Å². The average Bonchev–Trinajstić information content (AvgIpc) is 2.63. The van der Waals surface area contributed by atoms with Crippen molar-refractivity contribution in [3.63, 3.8) is 0 Å². The number of rotatable bonds is 7. The molecule has 0 aromatic heterocycles. The smallest absolute Gasteiger partial charge is 0.310 e. The molecule has 1 aromatic carbocycles. The normalized spacial score (nSPS) is 15.9. The third-order valence-corrected chi connectivity index (χ3v) is 5.23. The third-order valence-electron chi connectivity index (χ3n) is 5.23. The molecule has 0 spiro atoms. The van der Waals surface area contributed by atoms with E-state index in [0.29, 0.717) is 37.2 Å². The summed E-state index contributed by atoms with van der Waals surface area (Å²) in [7, 11) is 0. The second-order valence-electron chi connectivity index (χ2n) is 6.93. The Bertz CT molecular complexity index is 644. The first-order valence-electron chi connectivity index (χ1n) is 9.34. The number of aliphatic carboxylic acids is 1. The Morgan fingerprint density at radius 1 is 1.04 bits per heavy atom. The first kappa shape index (κ1) is 19.9. The van der Waals surface area contributed by atoms with Gasteiger partial charge < -0.3 is 15.3 Å². The number of amides is 2. The summed E-state index contributed by atoms with van der Waals surface area (Å²) in [6.45, 7) is 5.15. The maximum atomic E-state index is 12.4. The number of hydrogen-bond acceptors (Lipinski definition) is 3. The molecule has 6 heteroatoms. The van der Waals surface area contributed by atoms with Crippen LogP contribution in [0.5, 0.6) is 0 Å². The number of carboxylic acid groups (broad SMARTS) is 1. The predicted octanol–water partition coefficient (Wildman–Crippen LogP) is 3.53. The van der Waals surface area contributed by atoms with E-state index < -0.39 is 11.4 Å². The fourth-order valence-electron chi connectivity index (χ4n) is 3.60. The second kappa shape index (κ2) is 8.83. The highest BCUT2D eigenvalue weighted by molar-refractivity contribution is 5.96. The molecular weight excluding hydrogens is 332 g/mol. The maximum absolute atomic E-state index is 12.4. The van der Waals surface area contributed by atoms with E-state index in [1.807, 2.05) is 13.8 Å². The Morgan fingerprint density at radius 2 is 1.62 bits per heavy atom. The van der Waals surface area contributed by atoms with Crippen LogP contribution in [-0.2, 0) is 9.59 Å². The molecule has 142 valence electrons. The molecule has 0 saturated heterocycles. The van der Waals surface area contributed by atoms with E-state index in [4.69, 9.17) is 0 Å². The summed E-state index contributed by atoms with van der Waals surface area (Å²) < 4.78 is 0. The van der Waals surface area contributed by atoms with E-state index in [1.54, 1.807) is 29.2 Å². The lowest BCUT2D eigenvalue weighted by Crippen LogP contribution is -2.37. The van der Waals surface area contributed by atoms with Gasteiger partial charge in [0, 0.05) is 30.8 Å². The molecule has 0 atom stereocenters. The molecule has 2 rings (SSSR count). The summed E-state index contributed by atoms with van der Waals surface area (Å²) in [6, 6.07) is 6.74. The van der Waals surface area contributed by atoms with Gasteiger partial charge in [-0.2, -0.15) is 0 Å². The lowest BCUT2D eigenvalue weighted by Gasteiger charge is -2.32. The number of carbonyl (C=O) groups excluding carboxylic acids is 2. The summed E-state index contributed by atoms with van der Waals surface area (Å²) in [6.07, 6.45) is 3.81. The van der Waals surface area contributed by atoms with E-state index >= 15 is 0 Å². The van der Waals surface area contributed by atoms with Crippen molar-refractivity contribution in [1.29, 1.82) is 0 Å². The summed E-state index contributed by atoms with van der Waals surface area (Å²) >= 11 is 0. The highest BCUT2D eigenvalue weighted by atomic mass is 16.4. The van der Waals surface area contributed by atoms with Crippen LogP contribution in [0.1, 0.15) is 62.7 Å². The lowest BCUT2D eigenvalue weighted by molar-refractivity contribution is -0.153. The molecule has 0 heterocycles. The Kier molecular flexibility index (Phi) is 6.77. The lowest BCUT2D eigenvalue weighted by atomic mass is 9.71. The number of hydrogen-bond donors (Lipinski definition) is 2. The molecule has 2 N–H and O–H groups in total. The molecule has 1 fully saturated rings. The zero-order chi connectivity index (χ0) is 19.2. The first-order chi connectivity index (χ1) is 12.4. The molecule has 0 radical (unpaired) electrons. The Morgan fingerprint density at radius 3 is 2.12 bits per heavy atom. The number of nitrogens with zero attached hydrogens (tertiary/aromatic N) is 1. The van der Waals surface area contributed by atoms with Gasteiger partial charge in [0.05, 0.1) is 5.41 Å². The molecule has 6 nitrogen and oxygen atoms in total. The number of anilines is 1. The minimum atomic E-state index is -0.943. The number of carbonyl (C=O) groups is 3. The van der Waals surface area contributed by atoms with Gasteiger partial charge >= 0.3 is 5.97 Å². The van der Waals surface area contributed by atoms with Crippen LogP contribution < -0.4 is 5.32 Å². The van der Waals surface area contributed by atoms with E-state index in [-0.39, 0.29) is 18.2 Å².